The molecule has 0 aliphatic heterocycles. The van der Waals surface area contributed by atoms with Crippen LogP contribution < -0.4 is 10.6 Å². The van der Waals surface area contributed by atoms with Crippen molar-refractivity contribution in [2.24, 2.45) is 0 Å². The lowest BCUT2D eigenvalue weighted by atomic mass is 10.1. The molecule has 0 aromatic carbocycles. The number of aliphatic carboxylic acids is 1. The van der Waals surface area contributed by atoms with Gasteiger partial charge in [-0.2, -0.15) is 0 Å². The smallest absolute Gasteiger partial charge is 0.303 e. The monoisotopic (exact) mass is 244 g/mol. The van der Waals surface area contributed by atoms with Gasteiger partial charge < -0.3 is 15.7 Å². The van der Waals surface area contributed by atoms with Gasteiger partial charge in [0.2, 0.25) is 5.91 Å². The third-order valence-corrected chi connectivity index (χ3v) is 2.48. The highest BCUT2D eigenvalue weighted by atomic mass is 16.4. The van der Waals surface area contributed by atoms with Gasteiger partial charge in [-0.25, -0.2) is 0 Å². The van der Waals surface area contributed by atoms with Crippen molar-refractivity contribution in [3.05, 3.63) is 0 Å². The Hall–Kier alpha value is -1.10. The molecule has 1 amide bonds. The van der Waals surface area contributed by atoms with Crippen molar-refractivity contribution in [3.63, 3.8) is 0 Å². The molecule has 2 atom stereocenters. The summed E-state index contributed by atoms with van der Waals surface area (Å²) in [6.45, 7) is 6.72. The summed E-state index contributed by atoms with van der Waals surface area (Å²) in [7, 11) is 0. The minimum absolute atomic E-state index is 0.0151. The maximum Gasteiger partial charge on any atom is 0.303 e. The fourth-order valence-corrected chi connectivity index (χ4v) is 1.66. The van der Waals surface area contributed by atoms with Crippen LogP contribution in [0, 0.1) is 0 Å². The standard InChI is InChI=1S/C12H24N2O3/c1-4-13-10(3)8-11(15)14-9(2)6-5-7-12(16)17/h9-10,13H,4-8H2,1-3H3,(H,14,15)(H,16,17). The van der Waals surface area contributed by atoms with Crippen molar-refractivity contribution in [1.29, 1.82) is 0 Å². The Labute approximate surface area is 103 Å². The summed E-state index contributed by atoms with van der Waals surface area (Å²) in [5.74, 6) is -0.773. The van der Waals surface area contributed by atoms with Crippen LogP contribution in [0.2, 0.25) is 0 Å². The van der Waals surface area contributed by atoms with E-state index in [1.807, 2.05) is 20.8 Å². The van der Waals surface area contributed by atoms with E-state index in [1.54, 1.807) is 0 Å². The molecule has 5 nitrogen and oxygen atoms in total. The number of amides is 1. The first-order valence-corrected chi connectivity index (χ1v) is 6.20. The first-order valence-electron chi connectivity index (χ1n) is 6.20. The molecular weight excluding hydrogens is 220 g/mol. The third-order valence-electron chi connectivity index (χ3n) is 2.48. The molecule has 0 saturated carbocycles. The summed E-state index contributed by atoms with van der Waals surface area (Å²) in [6.07, 6.45) is 1.91. The predicted octanol–water partition coefficient (Wildman–Crippen LogP) is 1.13. The second-order valence-corrected chi connectivity index (χ2v) is 4.42. The average Bonchev–Trinajstić information content (AvgIpc) is 2.16. The van der Waals surface area contributed by atoms with Crippen molar-refractivity contribution in [2.75, 3.05) is 6.54 Å². The zero-order chi connectivity index (χ0) is 13.3. The van der Waals surface area contributed by atoms with Gasteiger partial charge in [0.05, 0.1) is 0 Å². The Kier molecular flexibility index (Phi) is 8.40. The topological polar surface area (TPSA) is 78.4 Å². The number of rotatable bonds is 9. The van der Waals surface area contributed by atoms with E-state index in [2.05, 4.69) is 10.6 Å². The second-order valence-electron chi connectivity index (χ2n) is 4.42. The number of hydrogen-bond acceptors (Lipinski definition) is 3. The van der Waals surface area contributed by atoms with Crippen LogP contribution in [0.25, 0.3) is 0 Å². The number of hydrogen-bond donors (Lipinski definition) is 3. The Balaban J connectivity index is 3.68. The maximum atomic E-state index is 11.6. The zero-order valence-corrected chi connectivity index (χ0v) is 11.0. The molecule has 0 aliphatic rings. The summed E-state index contributed by atoms with van der Waals surface area (Å²) >= 11 is 0. The van der Waals surface area contributed by atoms with Crippen molar-refractivity contribution < 1.29 is 14.7 Å². The molecule has 3 N–H and O–H groups in total. The van der Waals surface area contributed by atoms with Crippen LogP contribution in [0.3, 0.4) is 0 Å². The lowest BCUT2D eigenvalue weighted by Crippen LogP contribution is -2.37. The van der Waals surface area contributed by atoms with Gasteiger partial charge in [-0.05, 0) is 33.2 Å². The second kappa shape index (κ2) is 8.98. The molecule has 0 bridgehead atoms. The lowest BCUT2D eigenvalue weighted by Gasteiger charge is -2.16. The van der Waals surface area contributed by atoms with Crippen molar-refractivity contribution in [3.8, 4) is 0 Å². The molecule has 0 saturated heterocycles. The number of carboxylic acids is 1. The van der Waals surface area contributed by atoms with Gasteiger partial charge in [0, 0.05) is 24.9 Å². The molecule has 100 valence electrons. The van der Waals surface area contributed by atoms with Gasteiger partial charge in [0.1, 0.15) is 0 Å². The van der Waals surface area contributed by atoms with E-state index in [0.717, 1.165) is 6.54 Å². The first kappa shape index (κ1) is 15.9. The molecule has 0 rings (SSSR count). The molecule has 0 aliphatic carbocycles. The third kappa shape index (κ3) is 9.81. The molecule has 0 aromatic heterocycles. The van der Waals surface area contributed by atoms with Crippen LogP contribution in [0.15, 0.2) is 0 Å². The fourth-order valence-electron chi connectivity index (χ4n) is 1.66. The molecule has 0 aromatic rings. The van der Waals surface area contributed by atoms with Gasteiger partial charge in [0.25, 0.3) is 0 Å². The molecule has 0 fully saturated rings. The summed E-state index contributed by atoms with van der Waals surface area (Å²) in [5.41, 5.74) is 0. The minimum atomic E-state index is -0.788. The van der Waals surface area contributed by atoms with Crippen LogP contribution in [-0.4, -0.2) is 35.6 Å². The van der Waals surface area contributed by atoms with E-state index in [-0.39, 0.29) is 24.4 Å². The van der Waals surface area contributed by atoms with E-state index in [0.29, 0.717) is 19.3 Å². The van der Waals surface area contributed by atoms with Crippen LogP contribution in [0.4, 0.5) is 0 Å². The SMILES string of the molecule is CCNC(C)CC(=O)NC(C)CCCC(=O)O. The zero-order valence-electron chi connectivity index (χ0n) is 11.0. The molecular formula is C12H24N2O3. The fraction of sp³-hybridized carbons (Fsp3) is 0.833. The highest BCUT2D eigenvalue weighted by Crippen LogP contribution is 2.01. The van der Waals surface area contributed by atoms with Crippen molar-refractivity contribution in [2.45, 2.75) is 58.5 Å². The number of carbonyl (C=O) groups is 2. The minimum Gasteiger partial charge on any atom is -0.481 e. The number of carboxylic acid groups (broad SMARTS) is 1. The normalized spacial score (nSPS) is 14.1. The maximum absolute atomic E-state index is 11.6. The highest BCUT2D eigenvalue weighted by Gasteiger charge is 2.11. The van der Waals surface area contributed by atoms with E-state index in [1.165, 1.54) is 0 Å². The Bertz CT molecular complexity index is 244. The summed E-state index contributed by atoms with van der Waals surface area (Å²) in [5, 5.41) is 14.5. The highest BCUT2D eigenvalue weighted by molar-refractivity contribution is 5.76. The van der Waals surface area contributed by atoms with E-state index >= 15 is 0 Å². The average molecular weight is 244 g/mol. The largest absolute Gasteiger partial charge is 0.481 e. The molecule has 0 heterocycles. The summed E-state index contributed by atoms with van der Waals surface area (Å²) in [6, 6.07) is 0.210. The van der Waals surface area contributed by atoms with E-state index in [9.17, 15) is 9.59 Å². The van der Waals surface area contributed by atoms with Crippen LogP contribution >= 0.6 is 0 Å². The summed E-state index contributed by atoms with van der Waals surface area (Å²) in [4.78, 5) is 21.9. The van der Waals surface area contributed by atoms with Gasteiger partial charge in [-0.3, -0.25) is 9.59 Å². The van der Waals surface area contributed by atoms with Crippen LogP contribution in [-0.2, 0) is 9.59 Å². The quantitative estimate of drug-likeness (QED) is 0.568. The Morgan fingerprint density at radius 3 is 2.41 bits per heavy atom. The van der Waals surface area contributed by atoms with E-state index < -0.39 is 5.97 Å². The number of nitrogens with one attached hydrogen (secondary N) is 2. The van der Waals surface area contributed by atoms with E-state index in [4.69, 9.17) is 5.11 Å². The van der Waals surface area contributed by atoms with Gasteiger partial charge in [-0.15, -0.1) is 0 Å². The van der Waals surface area contributed by atoms with Crippen molar-refractivity contribution in [1.82, 2.24) is 10.6 Å². The Morgan fingerprint density at radius 2 is 1.88 bits per heavy atom. The van der Waals surface area contributed by atoms with Crippen LogP contribution in [0.5, 0.6) is 0 Å². The molecule has 5 heteroatoms. The van der Waals surface area contributed by atoms with Gasteiger partial charge in [-0.1, -0.05) is 6.92 Å². The summed E-state index contributed by atoms with van der Waals surface area (Å²) < 4.78 is 0. The van der Waals surface area contributed by atoms with Crippen LogP contribution in [0.1, 0.15) is 46.5 Å². The molecule has 0 spiro atoms. The number of carbonyl (C=O) groups excluding carboxylic acids is 1. The van der Waals surface area contributed by atoms with Gasteiger partial charge >= 0.3 is 5.97 Å². The molecule has 17 heavy (non-hydrogen) atoms. The van der Waals surface area contributed by atoms with Crippen molar-refractivity contribution >= 4 is 11.9 Å². The Morgan fingerprint density at radius 1 is 1.24 bits per heavy atom. The van der Waals surface area contributed by atoms with Gasteiger partial charge in [0.15, 0.2) is 0 Å². The molecule has 0 radical (unpaired) electrons. The lowest BCUT2D eigenvalue weighted by molar-refractivity contribution is -0.137. The predicted molar refractivity (Wildman–Crippen MR) is 66.8 cm³/mol. The first-order chi connectivity index (χ1) is 7.95. The molecule has 2 unspecified atom stereocenters.